The van der Waals surface area contributed by atoms with E-state index in [1.165, 1.54) is 0 Å². The van der Waals surface area contributed by atoms with Gasteiger partial charge in [0.05, 0.1) is 17.3 Å². The second kappa shape index (κ2) is 8.35. The highest BCUT2D eigenvalue weighted by molar-refractivity contribution is 9.10. The number of rotatable bonds is 6. The number of benzene rings is 2. The van der Waals surface area contributed by atoms with Crippen LogP contribution < -0.4 is 14.9 Å². The van der Waals surface area contributed by atoms with Crippen molar-refractivity contribution in [2.45, 2.75) is 6.92 Å². The maximum absolute atomic E-state index is 11.8. The Kier molecular flexibility index (Phi) is 6.20. The highest BCUT2D eigenvalue weighted by Gasteiger charge is 2.07. The molecule has 2 aromatic carbocycles. The van der Waals surface area contributed by atoms with E-state index < -0.39 is 0 Å². The van der Waals surface area contributed by atoms with Crippen LogP contribution in [0.5, 0.6) is 17.2 Å². The molecule has 0 radical (unpaired) electrons. The van der Waals surface area contributed by atoms with Crippen molar-refractivity contribution in [1.82, 2.24) is 5.43 Å². The molecule has 0 unspecified atom stereocenters. The third-order valence-corrected chi connectivity index (χ3v) is 3.75. The molecule has 0 heterocycles. The number of nitrogens with zero attached hydrogens (tertiary/aromatic N) is 1. The molecule has 0 aliphatic heterocycles. The first-order chi connectivity index (χ1) is 11.5. The summed E-state index contributed by atoms with van der Waals surface area (Å²) in [6.45, 7) is 1.59. The van der Waals surface area contributed by atoms with Gasteiger partial charge in [-0.1, -0.05) is 0 Å². The number of aromatic hydroxyl groups is 1. The lowest BCUT2D eigenvalue weighted by atomic mass is 10.1. The van der Waals surface area contributed by atoms with Crippen LogP contribution in [0.2, 0.25) is 0 Å². The molecule has 0 spiro atoms. The maximum Gasteiger partial charge on any atom is 0.277 e. The minimum atomic E-state index is -0.379. The molecular formula is C17H17BrN2O4. The number of phenolic OH excluding ortho intramolecular Hbond substituents is 1. The van der Waals surface area contributed by atoms with Crippen LogP contribution in [0.4, 0.5) is 0 Å². The van der Waals surface area contributed by atoms with Gasteiger partial charge in [0.15, 0.2) is 6.61 Å². The SMILES string of the molecule is COc1ccc(OCC(=O)N/N=C(/C)c2ccc(O)cc2)c(Br)c1. The average Bonchev–Trinajstić information content (AvgIpc) is 2.59. The van der Waals surface area contributed by atoms with Crippen molar-refractivity contribution in [2.24, 2.45) is 5.10 Å². The van der Waals surface area contributed by atoms with Gasteiger partial charge >= 0.3 is 0 Å². The average molecular weight is 393 g/mol. The fourth-order valence-electron chi connectivity index (χ4n) is 1.81. The lowest BCUT2D eigenvalue weighted by Crippen LogP contribution is -2.25. The molecule has 24 heavy (non-hydrogen) atoms. The van der Waals surface area contributed by atoms with E-state index in [1.807, 2.05) is 0 Å². The van der Waals surface area contributed by atoms with Crippen LogP contribution in [0, 0.1) is 0 Å². The van der Waals surface area contributed by atoms with Gasteiger partial charge in [0.1, 0.15) is 17.2 Å². The van der Waals surface area contributed by atoms with Gasteiger partial charge in [0.2, 0.25) is 0 Å². The van der Waals surface area contributed by atoms with E-state index in [9.17, 15) is 9.90 Å². The summed E-state index contributed by atoms with van der Waals surface area (Å²) in [6, 6.07) is 11.7. The van der Waals surface area contributed by atoms with Gasteiger partial charge in [0.25, 0.3) is 5.91 Å². The van der Waals surface area contributed by atoms with Crippen molar-refractivity contribution in [3.05, 3.63) is 52.5 Å². The lowest BCUT2D eigenvalue weighted by Gasteiger charge is -2.09. The molecule has 0 bridgehead atoms. The first kappa shape index (κ1) is 17.8. The second-order valence-corrected chi connectivity index (χ2v) is 5.72. The fourth-order valence-corrected chi connectivity index (χ4v) is 2.29. The minimum absolute atomic E-state index is 0.169. The van der Waals surface area contributed by atoms with Gasteiger partial charge in [-0.25, -0.2) is 5.43 Å². The summed E-state index contributed by atoms with van der Waals surface area (Å²) < 4.78 is 11.2. The Bertz CT molecular complexity index is 745. The molecule has 2 N–H and O–H groups in total. The highest BCUT2D eigenvalue weighted by atomic mass is 79.9. The number of halogens is 1. The van der Waals surface area contributed by atoms with Crippen molar-refractivity contribution in [3.8, 4) is 17.2 Å². The van der Waals surface area contributed by atoms with Crippen LogP contribution in [-0.2, 0) is 4.79 Å². The van der Waals surface area contributed by atoms with Gasteiger partial charge in [-0.3, -0.25) is 4.79 Å². The summed E-state index contributed by atoms with van der Waals surface area (Å²) in [5, 5.41) is 13.3. The number of phenols is 1. The molecule has 126 valence electrons. The molecular weight excluding hydrogens is 376 g/mol. The van der Waals surface area contributed by atoms with Gasteiger partial charge < -0.3 is 14.6 Å². The number of methoxy groups -OCH3 is 1. The second-order valence-electron chi connectivity index (χ2n) is 4.86. The van der Waals surface area contributed by atoms with Crippen LogP contribution in [0.1, 0.15) is 12.5 Å². The van der Waals surface area contributed by atoms with Crippen molar-refractivity contribution < 1.29 is 19.4 Å². The third-order valence-electron chi connectivity index (χ3n) is 3.13. The fraction of sp³-hybridized carbons (Fsp3) is 0.176. The normalized spacial score (nSPS) is 11.0. The zero-order valence-corrected chi connectivity index (χ0v) is 14.8. The summed E-state index contributed by atoms with van der Waals surface area (Å²) in [4.78, 5) is 11.8. The van der Waals surface area contributed by atoms with E-state index in [0.29, 0.717) is 21.7 Å². The van der Waals surface area contributed by atoms with E-state index in [4.69, 9.17) is 9.47 Å². The predicted octanol–water partition coefficient (Wildman–Crippen LogP) is 3.08. The van der Waals surface area contributed by atoms with E-state index in [1.54, 1.807) is 56.5 Å². The van der Waals surface area contributed by atoms with Crippen LogP contribution in [0.15, 0.2) is 52.0 Å². The van der Waals surface area contributed by atoms with Crippen LogP contribution in [-0.4, -0.2) is 30.4 Å². The number of hydrogen-bond donors (Lipinski definition) is 2. The standard InChI is InChI=1S/C17H17BrN2O4/c1-11(12-3-5-13(21)6-4-12)19-20-17(22)10-24-16-8-7-14(23-2)9-15(16)18/h3-9,21H,10H2,1-2H3,(H,20,22)/b19-11-. The predicted molar refractivity (Wildman–Crippen MR) is 94.6 cm³/mol. The summed E-state index contributed by atoms with van der Waals surface area (Å²) in [7, 11) is 1.57. The Hall–Kier alpha value is -2.54. The molecule has 0 saturated heterocycles. The number of carbonyl (C=O) groups excluding carboxylic acids is 1. The van der Waals surface area contributed by atoms with E-state index in [-0.39, 0.29) is 18.3 Å². The smallest absolute Gasteiger partial charge is 0.277 e. The molecule has 0 fully saturated rings. The Morgan fingerprint density at radius 2 is 1.96 bits per heavy atom. The molecule has 2 aromatic rings. The van der Waals surface area contributed by atoms with Gasteiger partial charge in [0, 0.05) is 0 Å². The number of carbonyl (C=O) groups is 1. The van der Waals surface area contributed by atoms with Crippen LogP contribution in [0.25, 0.3) is 0 Å². The maximum atomic E-state index is 11.8. The topological polar surface area (TPSA) is 80.2 Å². The number of ether oxygens (including phenoxy) is 2. The quantitative estimate of drug-likeness (QED) is 0.584. The molecule has 0 aromatic heterocycles. The molecule has 6 nitrogen and oxygen atoms in total. The summed E-state index contributed by atoms with van der Waals surface area (Å²) in [5.41, 5.74) is 3.85. The van der Waals surface area contributed by atoms with E-state index in [0.717, 1.165) is 5.56 Å². The van der Waals surface area contributed by atoms with Crippen LogP contribution >= 0.6 is 15.9 Å². The highest BCUT2D eigenvalue weighted by Crippen LogP contribution is 2.28. The van der Waals surface area contributed by atoms with Crippen LogP contribution in [0.3, 0.4) is 0 Å². The van der Waals surface area contributed by atoms with Crippen molar-refractivity contribution in [1.29, 1.82) is 0 Å². The number of hydrogen-bond acceptors (Lipinski definition) is 5. The van der Waals surface area contributed by atoms with E-state index in [2.05, 4.69) is 26.5 Å². The first-order valence-corrected chi connectivity index (χ1v) is 7.88. The zero-order valence-electron chi connectivity index (χ0n) is 13.2. The van der Waals surface area contributed by atoms with Gasteiger partial charge in [-0.15, -0.1) is 0 Å². The van der Waals surface area contributed by atoms with Crippen molar-refractivity contribution in [3.63, 3.8) is 0 Å². The van der Waals surface area contributed by atoms with Crippen molar-refractivity contribution >= 4 is 27.5 Å². The minimum Gasteiger partial charge on any atom is -0.508 e. The molecule has 0 aliphatic carbocycles. The number of hydrazone groups is 1. The summed E-state index contributed by atoms with van der Waals surface area (Å²) >= 11 is 3.35. The monoisotopic (exact) mass is 392 g/mol. The summed E-state index contributed by atoms with van der Waals surface area (Å²) in [5.74, 6) is 1.02. The summed E-state index contributed by atoms with van der Waals surface area (Å²) in [6.07, 6.45) is 0. The Labute approximate surface area is 148 Å². The number of amides is 1. The Morgan fingerprint density at radius 3 is 2.58 bits per heavy atom. The molecule has 1 amide bonds. The first-order valence-electron chi connectivity index (χ1n) is 7.08. The third kappa shape index (κ3) is 4.99. The number of nitrogens with one attached hydrogen (secondary N) is 1. The zero-order chi connectivity index (χ0) is 17.5. The Balaban J connectivity index is 1.89. The molecule has 0 saturated carbocycles. The largest absolute Gasteiger partial charge is 0.508 e. The van der Waals surface area contributed by atoms with E-state index >= 15 is 0 Å². The molecule has 0 atom stereocenters. The van der Waals surface area contributed by atoms with Gasteiger partial charge in [-0.05, 0) is 70.9 Å². The molecule has 7 heteroatoms. The van der Waals surface area contributed by atoms with Crippen molar-refractivity contribution in [2.75, 3.05) is 13.7 Å². The molecule has 2 rings (SSSR count). The molecule has 0 aliphatic rings. The van der Waals surface area contributed by atoms with Gasteiger partial charge in [-0.2, -0.15) is 5.10 Å². The lowest BCUT2D eigenvalue weighted by molar-refractivity contribution is -0.123. The Morgan fingerprint density at radius 1 is 1.25 bits per heavy atom.